The van der Waals surface area contributed by atoms with Gasteiger partial charge in [-0.2, -0.15) is 5.10 Å². The normalized spacial score (nSPS) is 18.9. The number of morpholine rings is 1. The van der Waals surface area contributed by atoms with Gasteiger partial charge in [-0.3, -0.25) is 0 Å². The molecule has 1 aliphatic heterocycles. The number of ether oxygens (including phenoxy) is 2. The van der Waals surface area contributed by atoms with E-state index in [4.69, 9.17) is 9.47 Å². The molecule has 2 aromatic heterocycles. The Hall–Kier alpha value is -1.64. The lowest BCUT2D eigenvalue weighted by Gasteiger charge is -2.34. The fourth-order valence-electron chi connectivity index (χ4n) is 2.91. The molecule has 1 aliphatic rings. The molecule has 1 fully saturated rings. The molecular formula is C17H28N4O3Si. The van der Waals surface area contributed by atoms with Gasteiger partial charge in [-0.15, -0.1) is 0 Å². The van der Waals surface area contributed by atoms with Gasteiger partial charge in [0.1, 0.15) is 29.3 Å². The predicted molar refractivity (Wildman–Crippen MR) is 101 cm³/mol. The van der Waals surface area contributed by atoms with Crippen molar-refractivity contribution in [3.63, 3.8) is 0 Å². The number of anilines is 1. The number of aromatic hydroxyl groups is 1. The molecule has 0 bridgehead atoms. The number of nitrogens with zero attached hydrogens (tertiary/aromatic N) is 4. The lowest BCUT2D eigenvalue weighted by molar-refractivity contribution is 0.0814. The highest BCUT2D eigenvalue weighted by Gasteiger charge is 2.22. The highest BCUT2D eigenvalue weighted by Crippen LogP contribution is 2.29. The standard InChI is InChI=1S/C17H28N4O3Si/c1-13-11-23-6-5-20(13)16-9-15(22)17-14(19-16)10-18-21(17)12-24-7-8-25(2,3)4/h9-10,13H,5-8,11-12H2,1-4H3,(H,19,22)/t13-/m1/s1. The molecule has 8 heteroatoms. The molecule has 0 aliphatic carbocycles. The Balaban J connectivity index is 1.75. The van der Waals surface area contributed by atoms with E-state index in [1.807, 2.05) is 0 Å². The van der Waals surface area contributed by atoms with Gasteiger partial charge in [-0.05, 0) is 13.0 Å². The SMILES string of the molecule is C[C@@H]1COCCN1c1cc(O)c2c(cnn2COCC[Si](C)(C)C)n1. The lowest BCUT2D eigenvalue weighted by Crippen LogP contribution is -2.44. The third-order valence-electron chi connectivity index (χ3n) is 4.44. The van der Waals surface area contributed by atoms with E-state index in [2.05, 4.69) is 41.5 Å². The summed E-state index contributed by atoms with van der Waals surface area (Å²) in [5.41, 5.74) is 1.31. The Bertz CT molecular complexity index is 728. The van der Waals surface area contributed by atoms with Crippen LogP contribution in [0.4, 0.5) is 5.82 Å². The van der Waals surface area contributed by atoms with Crippen LogP contribution in [0.5, 0.6) is 5.75 Å². The maximum absolute atomic E-state index is 10.5. The zero-order valence-electron chi connectivity index (χ0n) is 15.5. The highest BCUT2D eigenvalue weighted by atomic mass is 28.3. The van der Waals surface area contributed by atoms with Crippen LogP contribution in [0.2, 0.25) is 25.7 Å². The Morgan fingerprint density at radius 1 is 1.40 bits per heavy atom. The average molecular weight is 365 g/mol. The maximum atomic E-state index is 10.5. The Labute approximate surface area is 149 Å². The summed E-state index contributed by atoms with van der Waals surface area (Å²) in [5, 5.41) is 14.8. The fourth-order valence-corrected chi connectivity index (χ4v) is 3.67. The summed E-state index contributed by atoms with van der Waals surface area (Å²) in [6.45, 7) is 12.2. The minimum Gasteiger partial charge on any atom is -0.505 e. The van der Waals surface area contributed by atoms with E-state index in [9.17, 15) is 5.11 Å². The Morgan fingerprint density at radius 2 is 2.20 bits per heavy atom. The van der Waals surface area contributed by atoms with Crippen LogP contribution in [-0.4, -0.2) is 60.4 Å². The van der Waals surface area contributed by atoms with Gasteiger partial charge >= 0.3 is 0 Å². The van der Waals surface area contributed by atoms with Gasteiger partial charge in [0.15, 0.2) is 0 Å². The molecule has 1 N–H and O–H groups in total. The summed E-state index contributed by atoms with van der Waals surface area (Å²) >= 11 is 0. The second kappa shape index (κ2) is 7.31. The van der Waals surface area contributed by atoms with Crippen LogP contribution < -0.4 is 4.90 Å². The molecular weight excluding hydrogens is 336 g/mol. The molecule has 3 heterocycles. The van der Waals surface area contributed by atoms with E-state index in [0.717, 1.165) is 18.4 Å². The topological polar surface area (TPSA) is 72.6 Å². The van der Waals surface area contributed by atoms with Crippen LogP contribution in [-0.2, 0) is 16.2 Å². The molecule has 0 amide bonds. The van der Waals surface area contributed by atoms with E-state index in [1.165, 1.54) is 0 Å². The van der Waals surface area contributed by atoms with Gasteiger partial charge in [0.25, 0.3) is 0 Å². The van der Waals surface area contributed by atoms with Crippen LogP contribution in [0.15, 0.2) is 12.3 Å². The highest BCUT2D eigenvalue weighted by molar-refractivity contribution is 6.76. The number of hydrogen-bond acceptors (Lipinski definition) is 6. The third-order valence-corrected chi connectivity index (χ3v) is 6.14. The second-order valence-corrected chi connectivity index (χ2v) is 13.5. The van der Waals surface area contributed by atoms with Crippen molar-refractivity contribution in [1.29, 1.82) is 0 Å². The average Bonchev–Trinajstić information content (AvgIpc) is 2.95. The van der Waals surface area contributed by atoms with Crippen molar-refractivity contribution in [2.45, 2.75) is 45.4 Å². The van der Waals surface area contributed by atoms with Crippen molar-refractivity contribution < 1.29 is 14.6 Å². The zero-order valence-corrected chi connectivity index (χ0v) is 16.5. The smallest absolute Gasteiger partial charge is 0.146 e. The molecule has 7 nitrogen and oxygen atoms in total. The Morgan fingerprint density at radius 3 is 2.92 bits per heavy atom. The number of rotatable bonds is 6. The van der Waals surface area contributed by atoms with Crippen molar-refractivity contribution in [1.82, 2.24) is 14.8 Å². The van der Waals surface area contributed by atoms with Crippen LogP contribution in [0.1, 0.15) is 6.92 Å². The molecule has 2 aromatic rings. The molecule has 1 saturated heterocycles. The van der Waals surface area contributed by atoms with Crippen LogP contribution >= 0.6 is 0 Å². The van der Waals surface area contributed by atoms with Crippen molar-refractivity contribution in [3.8, 4) is 5.75 Å². The first-order chi connectivity index (χ1) is 11.8. The lowest BCUT2D eigenvalue weighted by atomic mass is 10.2. The minimum absolute atomic E-state index is 0.185. The minimum atomic E-state index is -1.11. The predicted octanol–water partition coefficient (Wildman–Crippen LogP) is 2.67. The van der Waals surface area contributed by atoms with Crippen molar-refractivity contribution >= 4 is 24.9 Å². The van der Waals surface area contributed by atoms with Crippen LogP contribution in [0.25, 0.3) is 11.0 Å². The van der Waals surface area contributed by atoms with Crippen molar-refractivity contribution in [2.24, 2.45) is 0 Å². The van der Waals surface area contributed by atoms with Gasteiger partial charge in [0, 0.05) is 27.3 Å². The number of fused-ring (bicyclic) bond motifs is 1. The number of pyridine rings is 1. The van der Waals surface area contributed by atoms with E-state index in [0.29, 0.717) is 37.6 Å². The van der Waals surface area contributed by atoms with Gasteiger partial charge in [-0.1, -0.05) is 19.6 Å². The summed E-state index contributed by atoms with van der Waals surface area (Å²) in [5.74, 6) is 0.949. The maximum Gasteiger partial charge on any atom is 0.146 e. The summed E-state index contributed by atoms with van der Waals surface area (Å²) in [6.07, 6.45) is 1.69. The first-order valence-electron chi connectivity index (χ1n) is 8.83. The first kappa shape index (κ1) is 18.2. The first-order valence-corrected chi connectivity index (χ1v) is 12.5. The van der Waals surface area contributed by atoms with Crippen molar-refractivity contribution in [3.05, 3.63) is 12.3 Å². The van der Waals surface area contributed by atoms with Crippen molar-refractivity contribution in [2.75, 3.05) is 31.3 Å². The molecule has 0 unspecified atom stereocenters. The van der Waals surface area contributed by atoms with Gasteiger partial charge < -0.3 is 19.5 Å². The molecule has 0 aromatic carbocycles. The largest absolute Gasteiger partial charge is 0.505 e. The van der Waals surface area contributed by atoms with Gasteiger partial charge in [0.05, 0.1) is 25.5 Å². The zero-order chi connectivity index (χ0) is 18.0. The van der Waals surface area contributed by atoms with E-state index in [-0.39, 0.29) is 11.8 Å². The molecule has 1 atom stereocenters. The molecule has 3 rings (SSSR count). The summed E-state index contributed by atoms with van der Waals surface area (Å²) in [6, 6.07) is 3.05. The monoisotopic (exact) mass is 364 g/mol. The van der Waals surface area contributed by atoms with Crippen LogP contribution in [0.3, 0.4) is 0 Å². The van der Waals surface area contributed by atoms with Crippen LogP contribution in [0, 0.1) is 0 Å². The molecule has 138 valence electrons. The van der Waals surface area contributed by atoms with Gasteiger partial charge in [-0.25, -0.2) is 9.67 Å². The summed E-state index contributed by atoms with van der Waals surface area (Å²) < 4.78 is 12.9. The molecule has 0 spiro atoms. The molecule has 0 saturated carbocycles. The van der Waals surface area contributed by atoms with E-state index >= 15 is 0 Å². The summed E-state index contributed by atoms with van der Waals surface area (Å²) in [4.78, 5) is 6.83. The molecule has 0 radical (unpaired) electrons. The van der Waals surface area contributed by atoms with E-state index < -0.39 is 8.07 Å². The fraction of sp³-hybridized carbons (Fsp3) is 0.647. The van der Waals surface area contributed by atoms with E-state index in [1.54, 1.807) is 16.9 Å². The summed E-state index contributed by atoms with van der Waals surface area (Å²) in [7, 11) is -1.11. The number of hydrogen-bond donors (Lipinski definition) is 1. The second-order valence-electron chi connectivity index (χ2n) is 7.84. The van der Waals surface area contributed by atoms with Gasteiger partial charge in [0.2, 0.25) is 0 Å². The quantitative estimate of drug-likeness (QED) is 0.628. The number of aromatic nitrogens is 3. The molecule has 25 heavy (non-hydrogen) atoms. The Kier molecular flexibility index (Phi) is 5.31. The third kappa shape index (κ3) is 4.31.